The molecule has 0 radical (unpaired) electrons. The van der Waals surface area contributed by atoms with Crippen LogP contribution in [0.15, 0.2) is 42.5 Å². The van der Waals surface area contributed by atoms with Gasteiger partial charge in [-0.2, -0.15) is 0 Å². The van der Waals surface area contributed by atoms with Crippen molar-refractivity contribution in [2.45, 2.75) is 46.0 Å². The van der Waals surface area contributed by atoms with E-state index in [0.29, 0.717) is 5.69 Å². The first-order chi connectivity index (χ1) is 13.5. The van der Waals surface area contributed by atoms with Gasteiger partial charge in [0.25, 0.3) is 0 Å². The molecular weight excluding hydrogens is 350 g/mol. The van der Waals surface area contributed by atoms with Crippen molar-refractivity contribution in [2.75, 3.05) is 28.6 Å². The number of carbonyl (C=O) groups excluding carboxylic acids is 2. The van der Waals surface area contributed by atoms with Gasteiger partial charge >= 0.3 is 11.8 Å². The van der Waals surface area contributed by atoms with Gasteiger partial charge in [0, 0.05) is 30.2 Å². The zero-order valence-electron chi connectivity index (χ0n) is 16.9. The average molecular weight is 380 g/mol. The molecule has 5 heteroatoms. The summed E-state index contributed by atoms with van der Waals surface area (Å²) < 4.78 is 0. The van der Waals surface area contributed by atoms with Crippen LogP contribution in [-0.2, 0) is 9.59 Å². The summed E-state index contributed by atoms with van der Waals surface area (Å²) in [5.74, 6) is -1.07. The van der Waals surface area contributed by atoms with E-state index in [2.05, 4.69) is 29.4 Å². The molecule has 0 aromatic heterocycles. The maximum Gasteiger partial charge on any atom is 0.314 e. The molecule has 2 aromatic rings. The number of anilines is 3. The molecule has 3 rings (SSSR count). The van der Waals surface area contributed by atoms with E-state index in [-0.39, 0.29) is 5.92 Å². The zero-order valence-corrected chi connectivity index (χ0v) is 16.9. The van der Waals surface area contributed by atoms with Crippen LogP contribution in [0.2, 0.25) is 0 Å². The maximum absolute atomic E-state index is 12.4. The SMILES string of the molecule is Cc1cccc(C(C)C)c1NC(=O)C(=O)Nc1ccc(N2CCCCC2)cc1. The van der Waals surface area contributed by atoms with Crippen LogP contribution in [0.3, 0.4) is 0 Å². The highest BCUT2D eigenvalue weighted by molar-refractivity contribution is 6.43. The lowest BCUT2D eigenvalue weighted by Crippen LogP contribution is -2.30. The number of nitrogens with one attached hydrogen (secondary N) is 2. The zero-order chi connectivity index (χ0) is 20.1. The molecule has 2 N–H and O–H groups in total. The van der Waals surface area contributed by atoms with Crippen molar-refractivity contribution in [3.63, 3.8) is 0 Å². The van der Waals surface area contributed by atoms with Crippen LogP contribution >= 0.6 is 0 Å². The van der Waals surface area contributed by atoms with E-state index >= 15 is 0 Å². The Morgan fingerprint density at radius 2 is 1.54 bits per heavy atom. The maximum atomic E-state index is 12.4. The van der Waals surface area contributed by atoms with Gasteiger partial charge in [-0.05, 0) is 67.5 Å². The van der Waals surface area contributed by atoms with Gasteiger partial charge in [-0.1, -0.05) is 32.0 Å². The predicted molar refractivity (Wildman–Crippen MR) is 115 cm³/mol. The van der Waals surface area contributed by atoms with Crippen LogP contribution in [0.25, 0.3) is 0 Å². The molecule has 1 aliphatic rings. The molecule has 0 saturated carbocycles. The fraction of sp³-hybridized carbons (Fsp3) is 0.391. The van der Waals surface area contributed by atoms with Gasteiger partial charge < -0.3 is 15.5 Å². The van der Waals surface area contributed by atoms with Gasteiger partial charge in [-0.15, -0.1) is 0 Å². The molecule has 28 heavy (non-hydrogen) atoms. The number of rotatable bonds is 4. The lowest BCUT2D eigenvalue weighted by Gasteiger charge is -2.28. The van der Waals surface area contributed by atoms with Gasteiger partial charge in [0.05, 0.1) is 0 Å². The van der Waals surface area contributed by atoms with Crippen molar-refractivity contribution in [1.82, 2.24) is 0 Å². The van der Waals surface area contributed by atoms with Crippen molar-refractivity contribution >= 4 is 28.9 Å². The van der Waals surface area contributed by atoms with Crippen LogP contribution in [0.5, 0.6) is 0 Å². The van der Waals surface area contributed by atoms with Crippen molar-refractivity contribution in [2.24, 2.45) is 0 Å². The van der Waals surface area contributed by atoms with E-state index in [1.165, 1.54) is 19.3 Å². The lowest BCUT2D eigenvalue weighted by molar-refractivity contribution is -0.133. The van der Waals surface area contributed by atoms with Crippen molar-refractivity contribution in [3.8, 4) is 0 Å². The Kier molecular flexibility index (Phi) is 6.34. The number of nitrogens with zero attached hydrogens (tertiary/aromatic N) is 1. The first kappa shape index (κ1) is 19.9. The summed E-state index contributed by atoms with van der Waals surface area (Å²) in [7, 11) is 0. The minimum atomic E-state index is -0.663. The number of carbonyl (C=O) groups is 2. The molecule has 2 aromatic carbocycles. The molecule has 148 valence electrons. The summed E-state index contributed by atoms with van der Waals surface area (Å²) in [4.78, 5) is 27.1. The Labute approximate surface area is 167 Å². The van der Waals surface area contributed by atoms with E-state index in [1.54, 1.807) is 0 Å². The minimum absolute atomic E-state index is 0.251. The van der Waals surface area contributed by atoms with E-state index in [4.69, 9.17) is 0 Å². The summed E-state index contributed by atoms with van der Waals surface area (Å²) in [6.07, 6.45) is 3.73. The molecule has 1 aliphatic heterocycles. The standard InChI is InChI=1S/C23H29N3O2/c1-16(2)20-9-7-8-17(3)21(20)25-23(28)22(27)24-18-10-12-19(13-11-18)26-14-5-4-6-15-26/h7-13,16H,4-6,14-15H2,1-3H3,(H,24,27)(H,25,28). The summed E-state index contributed by atoms with van der Waals surface area (Å²) in [5, 5.41) is 5.47. The molecule has 2 amide bonds. The molecule has 0 bridgehead atoms. The smallest absolute Gasteiger partial charge is 0.314 e. The fourth-order valence-corrected chi connectivity index (χ4v) is 3.61. The van der Waals surface area contributed by atoms with Crippen LogP contribution in [0.4, 0.5) is 17.1 Å². The Morgan fingerprint density at radius 3 is 2.18 bits per heavy atom. The van der Waals surface area contributed by atoms with Crippen molar-refractivity contribution in [1.29, 1.82) is 0 Å². The van der Waals surface area contributed by atoms with E-state index in [0.717, 1.165) is 35.6 Å². The van der Waals surface area contributed by atoms with E-state index in [1.807, 2.05) is 49.4 Å². The number of amides is 2. The second-order valence-corrected chi connectivity index (χ2v) is 7.70. The summed E-state index contributed by atoms with van der Waals surface area (Å²) in [5.41, 5.74) is 4.46. The molecular formula is C23H29N3O2. The number of benzene rings is 2. The Balaban J connectivity index is 1.64. The topological polar surface area (TPSA) is 61.4 Å². The average Bonchev–Trinajstić information content (AvgIpc) is 2.70. The largest absolute Gasteiger partial charge is 0.372 e. The number of aryl methyl sites for hydroxylation is 1. The van der Waals surface area contributed by atoms with Crippen LogP contribution < -0.4 is 15.5 Å². The number of para-hydroxylation sites is 1. The normalized spacial score (nSPS) is 14.1. The molecule has 1 saturated heterocycles. The monoisotopic (exact) mass is 379 g/mol. The highest BCUT2D eigenvalue weighted by Crippen LogP contribution is 2.27. The van der Waals surface area contributed by atoms with Gasteiger partial charge in [-0.3, -0.25) is 9.59 Å². The molecule has 0 spiro atoms. The van der Waals surface area contributed by atoms with Crippen LogP contribution in [0.1, 0.15) is 50.2 Å². The number of hydrogen-bond donors (Lipinski definition) is 2. The Bertz CT molecular complexity index is 837. The van der Waals surface area contributed by atoms with Gasteiger partial charge in [0.2, 0.25) is 0 Å². The van der Waals surface area contributed by atoms with Crippen molar-refractivity contribution in [3.05, 3.63) is 53.6 Å². The van der Waals surface area contributed by atoms with Crippen molar-refractivity contribution < 1.29 is 9.59 Å². The molecule has 0 unspecified atom stereocenters. The molecule has 1 heterocycles. The van der Waals surface area contributed by atoms with E-state index < -0.39 is 11.8 Å². The van der Waals surface area contributed by atoms with Gasteiger partial charge in [-0.25, -0.2) is 0 Å². The van der Waals surface area contributed by atoms with Gasteiger partial charge in [0.15, 0.2) is 0 Å². The van der Waals surface area contributed by atoms with Crippen LogP contribution in [0, 0.1) is 6.92 Å². The lowest BCUT2D eigenvalue weighted by atomic mass is 9.98. The summed E-state index contributed by atoms with van der Waals surface area (Å²) in [6.45, 7) is 8.20. The second kappa shape index (κ2) is 8.91. The van der Waals surface area contributed by atoms with Gasteiger partial charge in [0.1, 0.15) is 0 Å². The first-order valence-corrected chi connectivity index (χ1v) is 10.0. The second-order valence-electron chi connectivity index (χ2n) is 7.70. The Hall–Kier alpha value is -2.82. The highest BCUT2D eigenvalue weighted by Gasteiger charge is 2.18. The third kappa shape index (κ3) is 4.71. The molecule has 1 fully saturated rings. The summed E-state index contributed by atoms with van der Waals surface area (Å²) >= 11 is 0. The number of hydrogen-bond acceptors (Lipinski definition) is 3. The third-order valence-corrected chi connectivity index (χ3v) is 5.22. The third-order valence-electron chi connectivity index (χ3n) is 5.22. The molecule has 5 nitrogen and oxygen atoms in total. The quantitative estimate of drug-likeness (QED) is 0.758. The predicted octanol–water partition coefficient (Wildman–Crippen LogP) is 4.69. The fourth-order valence-electron chi connectivity index (χ4n) is 3.61. The number of piperidine rings is 1. The minimum Gasteiger partial charge on any atom is -0.372 e. The molecule has 0 aliphatic carbocycles. The molecule has 0 atom stereocenters. The summed E-state index contributed by atoms with van der Waals surface area (Å²) in [6, 6.07) is 13.6. The van der Waals surface area contributed by atoms with Crippen LogP contribution in [-0.4, -0.2) is 24.9 Å². The first-order valence-electron chi connectivity index (χ1n) is 10.0. The van der Waals surface area contributed by atoms with E-state index in [9.17, 15) is 9.59 Å². The Morgan fingerprint density at radius 1 is 0.893 bits per heavy atom. The highest BCUT2D eigenvalue weighted by atomic mass is 16.2.